The minimum atomic E-state index is -3.81. The van der Waals surface area contributed by atoms with Crippen LogP contribution in [0.2, 0.25) is 0 Å². The van der Waals surface area contributed by atoms with Crippen LogP contribution < -0.4 is 10.0 Å². The molecule has 0 bridgehead atoms. The summed E-state index contributed by atoms with van der Waals surface area (Å²) in [6.45, 7) is 7.34. The second-order valence-corrected chi connectivity index (χ2v) is 8.19. The number of aromatic nitrogens is 2. The van der Waals surface area contributed by atoms with Gasteiger partial charge in [-0.2, -0.15) is 9.82 Å². The van der Waals surface area contributed by atoms with E-state index in [2.05, 4.69) is 15.1 Å². The smallest absolute Gasteiger partial charge is 0.242 e. The normalized spacial score (nSPS) is 13.0. The summed E-state index contributed by atoms with van der Waals surface area (Å²) in [5.74, 6) is -0.645. The number of hydrogen-bond donors (Lipinski definition) is 2. The van der Waals surface area contributed by atoms with E-state index in [0.717, 1.165) is 11.1 Å². The molecule has 1 aromatic carbocycles. The molecule has 0 radical (unpaired) electrons. The first kappa shape index (κ1) is 19.1. The summed E-state index contributed by atoms with van der Waals surface area (Å²) in [5.41, 5.74) is 2.40. The Bertz CT molecular complexity index is 872. The Balaban J connectivity index is 2.22. The molecule has 0 saturated carbocycles. The largest absolute Gasteiger partial charge is 0.322 e. The number of carbonyl (C=O) groups is 1. The fourth-order valence-corrected chi connectivity index (χ4v) is 3.74. The summed E-state index contributed by atoms with van der Waals surface area (Å²) in [7, 11) is -2.07. The van der Waals surface area contributed by atoms with Crippen LogP contribution in [0.3, 0.4) is 0 Å². The summed E-state index contributed by atoms with van der Waals surface area (Å²) < 4.78 is 29.4. The Kier molecular flexibility index (Phi) is 5.64. The van der Waals surface area contributed by atoms with Gasteiger partial charge in [-0.3, -0.25) is 9.48 Å². The molecule has 2 rings (SSSR count). The van der Waals surface area contributed by atoms with Crippen LogP contribution in [0.15, 0.2) is 35.5 Å². The van der Waals surface area contributed by atoms with Gasteiger partial charge in [0, 0.05) is 13.2 Å². The third-order valence-corrected chi connectivity index (χ3v) is 5.43. The average molecular weight is 364 g/mol. The van der Waals surface area contributed by atoms with Crippen molar-refractivity contribution in [2.24, 2.45) is 13.0 Å². The van der Waals surface area contributed by atoms with Crippen LogP contribution in [0.4, 0.5) is 5.69 Å². The fourth-order valence-electron chi connectivity index (χ4n) is 2.31. The zero-order valence-corrected chi connectivity index (χ0v) is 15.9. The van der Waals surface area contributed by atoms with Crippen molar-refractivity contribution in [3.8, 4) is 0 Å². The van der Waals surface area contributed by atoms with Crippen molar-refractivity contribution in [3.05, 3.63) is 41.7 Å². The van der Waals surface area contributed by atoms with E-state index in [1.54, 1.807) is 50.0 Å². The van der Waals surface area contributed by atoms with Crippen LogP contribution in [0.25, 0.3) is 0 Å². The van der Waals surface area contributed by atoms with Crippen LogP contribution in [0.5, 0.6) is 0 Å². The van der Waals surface area contributed by atoms with E-state index in [-0.39, 0.29) is 10.8 Å². The highest BCUT2D eigenvalue weighted by Crippen LogP contribution is 2.17. The SMILES string of the molecule is Cc1ccc(S(=O)(=O)N[C@@H](C(=O)Nc2cnn(C)c2)C(C)C)cc1C. The van der Waals surface area contributed by atoms with Gasteiger partial charge in [-0.1, -0.05) is 19.9 Å². The van der Waals surface area contributed by atoms with Crippen molar-refractivity contribution >= 4 is 21.6 Å². The van der Waals surface area contributed by atoms with Crippen LogP contribution in [-0.4, -0.2) is 30.1 Å². The second-order valence-electron chi connectivity index (χ2n) is 6.48. The number of hydrogen-bond acceptors (Lipinski definition) is 4. The third kappa shape index (κ3) is 4.67. The lowest BCUT2D eigenvalue weighted by Gasteiger charge is -2.21. The molecular formula is C17H24N4O3S. The summed E-state index contributed by atoms with van der Waals surface area (Å²) in [5, 5.41) is 6.67. The van der Waals surface area contributed by atoms with Gasteiger partial charge in [0.2, 0.25) is 15.9 Å². The molecule has 1 aromatic heterocycles. The van der Waals surface area contributed by atoms with Crippen molar-refractivity contribution in [2.45, 2.75) is 38.6 Å². The van der Waals surface area contributed by atoms with Crippen LogP contribution in [-0.2, 0) is 21.9 Å². The van der Waals surface area contributed by atoms with Gasteiger partial charge in [0.15, 0.2) is 0 Å². The molecular weight excluding hydrogens is 340 g/mol. The van der Waals surface area contributed by atoms with E-state index in [1.165, 1.54) is 6.20 Å². The number of rotatable bonds is 6. The standard InChI is InChI=1S/C17H24N4O3S/c1-11(2)16(17(22)19-14-9-18-21(5)10-14)20-25(23,24)15-7-6-12(3)13(4)8-15/h6-11,16,20H,1-5H3,(H,19,22)/t16-/m1/s1. The molecule has 0 saturated heterocycles. The van der Waals surface area contributed by atoms with Crippen molar-refractivity contribution in [2.75, 3.05) is 5.32 Å². The number of carbonyl (C=O) groups excluding carboxylic acids is 1. The number of amides is 1. The Morgan fingerprint density at radius 1 is 1.20 bits per heavy atom. The van der Waals surface area contributed by atoms with Gasteiger partial charge in [-0.15, -0.1) is 0 Å². The van der Waals surface area contributed by atoms with Gasteiger partial charge in [-0.25, -0.2) is 8.42 Å². The molecule has 0 fully saturated rings. The Morgan fingerprint density at radius 2 is 1.88 bits per heavy atom. The highest BCUT2D eigenvalue weighted by Gasteiger charge is 2.28. The first-order valence-corrected chi connectivity index (χ1v) is 9.47. The molecule has 0 aliphatic carbocycles. The molecule has 1 heterocycles. The molecule has 7 nitrogen and oxygen atoms in total. The maximum atomic E-state index is 12.7. The van der Waals surface area contributed by atoms with Crippen LogP contribution in [0.1, 0.15) is 25.0 Å². The van der Waals surface area contributed by atoms with Crippen molar-refractivity contribution < 1.29 is 13.2 Å². The van der Waals surface area contributed by atoms with Gasteiger partial charge in [0.1, 0.15) is 6.04 Å². The summed E-state index contributed by atoms with van der Waals surface area (Å²) >= 11 is 0. The monoisotopic (exact) mass is 364 g/mol. The number of sulfonamides is 1. The third-order valence-electron chi connectivity index (χ3n) is 3.99. The number of nitrogens with one attached hydrogen (secondary N) is 2. The Hall–Kier alpha value is -2.19. The number of anilines is 1. The van der Waals surface area contributed by atoms with Gasteiger partial charge in [0.05, 0.1) is 16.8 Å². The minimum absolute atomic E-state index is 0.149. The zero-order valence-electron chi connectivity index (χ0n) is 15.1. The quantitative estimate of drug-likeness (QED) is 0.820. The molecule has 0 aliphatic heterocycles. The topological polar surface area (TPSA) is 93.1 Å². The van der Waals surface area contributed by atoms with Gasteiger partial charge in [0.25, 0.3) is 0 Å². The second kappa shape index (κ2) is 7.37. The maximum Gasteiger partial charge on any atom is 0.242 e. The first-order chi connectivity index (χ1) is 11.6. The zero-order chi connectivity index (χ0) is 18.8. The van der Waals surface area contributed by atoms with Crippen molar-refractivity contribution in [1.29, 1.82) is 0 Å². The first-order valence-electron chi connectivity index (χ1n) is 7.99. The lowest BCUT2D eigenvalue weighted by atomic mass is 10.1. The van der Waals surface area contributed by atoms with E-state index in [4.69, 9.17) is 0 Å². The van der Waals surface area contributed by atoms with Crippen LogP contribution in [0, 0.1) is 19.8 Å². The van der Waals surface area contributed by atoms with E-state index in [0.29, 0.717) is 5.69 Å². The van der Waals surface area contributed by atoms with E-state index in [9.17, 15) is 13.2 Å². The maximum absolute atomic E-state index is 12.7. The molecule has 1 amide bonds. The van der Waals surface area contributed by atoms with E-state index < -0.39 is 22.0 Å². The molecule has 2 N–H and O–H groups in total. The van der Waals surface area contributed by atoms with Crippen molar-refractivity contribution in [1.82, 2.24) is 14.5 Å². The Labute approximate surface area is 148 Å². The van der Waals surface area contributed by atoms with E-state index >= 15 is 0 Å². The van der Waals surface area contributed by atoms with Gasteiger partial charge < -0.3 is 5.32 Å². The summed E-state index contributed by atoms with van der Waals surface area (Å²) in [6.07, 6.45) is 3.15. The van der Waals surface area contributed by atoms with Crippen LogP contribution >= 0.6 is 0 Å². The predicted molar refractivity (Wildman–Crippen MR) is 96.7 cm³/mol. The summed E-state index contributed by atoms with van der Waals surface area (Å²) in [4.78, 5) is 12.7. The van der Waals surface area contributed by atoms with Gasteiger partial charge >= 0.3 is 0 Å². The lowest BCUT2D eigenvalue weighted by Crippen LogP contribution is -2.47. The molecule has 0 spiro atoms. The molecule has 0 unspecified atom stereocenters. The predicted octanol–water partition coefficient (Wildman–Crippen LogP) is 1.98. The summed E-state index contributed by atoms with van der Waals surface area (Å²) in [6, 6.07) is 4.01. The minimum Gasteiger partial charge on any atom is -0.322 e. The number of aryl methyl sites for hydroxylation is 3. The molecule has 8 heteroatoms. The number of benzene rings is 1. The molecule has 25 heavy (non-hydrogen) atoms. The Morgan fingerprint density at radius 3 is 2.40 bits per heavy atom. The average Bonchev–Trinajstić information content (AvgIpc) is 2.92. The highest BCUT2D eigenvalue weighted by atomic mass is 32.2. The van der Waals surface area contributed by atoms with Crippen molar-refractivity contribution in [3.63, 3.8) is 0 Å². The molecule has 1 atom stereocenters. The fraction of sp³-hybridized carbons (Fsp3) is 0.412. The highest BCUT2D eigenvalue weighted by molar-refractivity contribution is 7.89. The number of nitrogens with zero attached hydrogens (tertiary/aromatic N) is 2. The van der Waals surface area contributed by atoms with Gasteiger partial charge in [-0.05, 0) is 43.0 Å². The molecule has 2 aromatic rings. The molecule has 136 valence electrons. The lowest BCUT2D eigenvalue weighted by molar-refractivity contribution is -0.118. The van der Waals surface area contributed by atoms with E-state index in [1.807, 2.05) is 13.8 Å². The molecule has 0 aliphatic rings.